The van der Waals surface area contributed by atoms with E-state index in [4.69, 9.17) is 4.74 Å². The van der Waals surface area contributed by atoms with Gasteiger partial charge in [-0.2, -0.15) is 0 Å². The Morgan fingerprint density at radius 2 is 1.36 bits per heavy atom. The van der Waals surface area contributed by atoms with Crippen molar-refractivity contribution in [2.45, 2.75) is 133 Å². The van der Waals surface area contributed by atoms with Crippen molar-refractivity contribution in [2.75, 3.05) is 33.3 Å². The van der Waals surface area contributed by atoms with Crippen LogP contribution in [0.2, 0.25) is 0 Å². The van der Waals surface area contributed by atoms with Crippen molar-refractivity contribution in [3.63, 3.8) is 0 Å². The van der Waals surface area contributed by atoms with Crippen LogP contribution >= 0.6 is 0 Å². The Kier molecular flexibility index (Phi) is 20.3. The highest BCUT2D eigenvalue weighted by Crippen LogP contribution is 2.30. The predicted molar refractivity (Wildman–Crippen MR) is 173 cm³/mol. The van der Waals surface area contributed by atoms with Gasteiger partial charge in [-0.15, -0.1) is 0 Å². The second kappa shape index (κ2) is 20.5. The minimum atomic E-state index is -1.08. The molecule has 9 nitrogen and oxygen atoms in total. The third-order valence-corrected chi connectivity index (χ3v) is 7.74. The van der Waals surface area contributed by atoms with Gasteiger partial charge in [0.15, 0.2) is 0 Å². The summed E-state index contributed by atoms with van der Waals surface area (Å²) in [5.41, 5.74) is -1.39. The van der Waals surface area contributed by atoms with Crippen LogP contribution in [0.3, 0.4) is 0 Å². The zero-order chi connectivity index (χ0) is 33.3. The van der Waals surface area contributed by atoms with E-state index in [1.807, 2.05) is 55.4 Å². The summed E-state index contributed by atoms with van der Waals surface area (Å²) in [4.78, 5) is 56.1. The maximum atomic E-state index is 13.9. The summed E-state index contributed by atoms with van der Waals surface area (Å²) < 4.78 is 5.07. The van der Waals surface area contributed by atoms with Gasteiger partial charge in [0, 0.05) is 19.2 Å². The maximum absolute atomic E-state index is 13.9. The molecule has 3 amide bonds. The molecule has 0 aromatic heterocycles. The summed E-state index contributed by atoms with van der Waals surface area (Å²) in [5, 5.41) is 6.20. The lowest BCUT2D eigenvalue weighted by molar-refractivity contribution is -0.154. The molecule has 0 aromatic rings. The molecule has 246 valence electrons. The molecular weight excluding hydrogens is 532 g/mol. The standard InChI is InChI=1S/C29H54N4O5.C4H10/c1-12-28(13-2,31-16-5)27(37)33(17-6)29(14-3,15-4)26(36)30-20-24(34)32(11)23(21(8)9)19-22(10)25(35)38-18-7;1-4(2)3/h19,21,23,31H,12-18,20H2,1-11H3,(H,30,36);4H,1-3H3/b22-19+;/t23-;/m1./s1. The number of hydrogen-bond donors (Lipinski definition) is 2. The largest absolute Gasteiger partial charge is 0.463 e. The molecule has 0 rings (SSSR count). The second-order valence-corrected chi connectivity index (χ2v) is 11.8. The maximum Gasteiger partial charge on any atom is 0.333 e. The van der Waals surface area contributed by atoms with Crippen molar-refractivity contribution in [3.05, 3.63) is 11.6 Å². The predicted octanol–water partition coefficient (Wildman–Crippen LogP) is 5.33. The van der Waals surface area contributed by atoms with Crippen LogP contribution in [0.1, 0.15) is 116 Å². The molecule has 9 heteroatoms. The molecule has 42 heavy (non-hydrogen) atoms. The first-order chi connectivity index (χ1) is 19.6. The van der Waals surface area contributed by atoms with Gasteiger partial charge in [0.1, 0.15) is 5.54 Å². The fraction of sp³-hybridized carbons (Fsp3) is 0.818. The summed E-state index contributed by atoms with van der Waals surface area (Å²) in [6.45, 7) is 26.5. The van der Waals surface area contributed by atoms with Crippen LogP contribution in [0.25, 0.3) is 0 Å². The lowest BCUT2D eigenvalue weighted by Crippen LogP contribution is -2.67. The van der Waals surface area contributed by atoms with Crippen molar-refractivity contribution in [1.29, 1.82) is 0 Å². The van der Waals surface area contributed by atoms with Crippen molar-refractivity contribution in [3.8, 4) is 0 Å². The van der Waals surface area contributed by atoms with Gasteiger partial charge in [-0.25, -0.2) is 4.79 Å². The smallest absolute Gasteiger partial charge is 0.333 e. The molecule has 0 heterocycles. The summed E-state index contributed by atoms with van der Waals surface area (Å²) in [5.74, 6) is -0.264. The van der Waals surface area contributed by atoms with Crippen molar-refractivity contribution < 1.29 is 23.9 Å². The highest BCUT2D eigenvalue weighted by Gasteiger charge is 2.48. The van der Waals surface area contributed by atoms with Crippen molar-refractivity contribution in [2.24, 2.45) is 11.8 Å². The number of ether oxygens (including phenoxy) is 1. The molecule has 0 aliphatic carbocycles. The number of carbonyl (C=O) groups excluding carboxylic acids is 4. The molecule has 0 aliphatic rings. The normalized spacial score (nSPS) is 12.8. The Labute approximate surface area is 257 Å². The van der Waals surface area contributed by atoms with Gasteiger partial charge < -0.3 is 25.2 Å². The number of rotatable bonds is 17. The molecule has 0 bridgehead atoms. The van der Waals surface area contributed by atoms with Gasteiger partial charge in [-0.05, 0) is 64.8 Å². The lowest BCUT2D eigenvalue weighted by atomic mass is 9.84. The molecule has 2 N–H and O–H groups in total. The van der Waals surface area contributed by atoms with Gasteiger partial charge in [-0.1, -0.05) is 75.3 Å². The summed E-state index contributed by atoms with van der Waals surface area (Å²) in [6.07, 6.45) is 3.79. The second-order valence-electron chi connectivity index (χ2n) is 11.8. The van der Waals surface area contributed by atoms with E-state index >= 15 is 0 Å². The number of nitrogens with zero attached hydrogens (tertiary/aromatic N) is 2. The number of amides is 3. The molecule has 0 aromatic carbocycles. The highest BCUT2D eigenvalue weighted by atomic mass is 16.5. The van der Waals surface area contributed by atoms with E-state index < -0.39 is 17.0 Å². The van der Waals surface area contributed by atoms with Crippen LogP contribution in [0.4, 0.5) is 0 Å². The Morgan fingerprint density at radius 1 is 0.857 bits per heavy atom. The first-order valence-corrected chi connectivity index (χ1v) is 16.0. The summed E-state index contributed by atoms with van der Waals surface area (Å²) in [7, 11) is 1.66. The van der Waals surface area contributed by atoms with E-state index in [-0.39, 0.29) is 42.8 Å². The zero-order valence-corrected chi connectivity index (χ0v) is 29.4. The minimum Gasteiger partial charge on any atom is -0.463 e. The fourth-order valence-corrected chi connectivity index (χ4v) is 5.12. The molecule has 1 atom stereocenters. The third-order valence-electron chi connectivity index (χ3n) is 7.74. The van der Waals surface area contributed by atoms with Gasteiger partial charge in [-0.3, -0.25) is 14.4 Å². The number of hydrogen-bond acceptors (Lipinski definition) is 6. The van der Waals surface area contributed by atoms with Crippen LogP contribution in [0.5, 0.6) is 0 Å². The minimum absolute atomic E-state index is 0.0323. The van der Waals surface area contributed by atoms with Gasteiger partial charge in [0.2, 0.25) is 17.7 Å². The van der Waals surface area contributed by atoms with Crippen LogP contribution in [-0.2, 0) is 23.9 Å². The topological polar surface area (TPSA) is 108 Å². The average molecular weight is 597 g/mol. The van der Waals surface area contributed by atoms with Gasteiger partial charge in [0.25, 0.3) is 0 Å². The van der Waals surface area contributed by atoms with E-state index in [1.165, 1.54) is 0 Å². The van der Waals surface area contributed by atoms with E-state index in [2.05, 4.69) is 31.4 Å². The Balaban J connectivity index is 0. The first kappa shape index (κ1) is 41.7. The number of nitrogens with one attached hydrogen (secondary N) is 2. The molecule has 0 saturated heterocycles. The van der Waals surface area contributed by atoms with Gasteiger partial charge >= 0.3 is 5.97 Å². The van der Waals surface area contributed by atoms with E-state index in [1.54, 1.807) is 36.8 Å². The summed E-state index contributed by atoms with van der Waals surface area (Å²) >= 11 is 0. The van der Waals surface area contributed by atoms with Crippen molar-refractivity contribution >= 4 is 23.7 Å². The number of likely N-dealkylation sites (N-methyl/N-ethyl adjacent to an activating group) is 3. The molecular formula is C33H64N4O5. The number of carbonyl (C=O) groups is 4. The molecule has 0 saturated carbocycles. The quantitative estimate of drug-likeness (QED) is 0.174. The van der Waals surface area contributed by atoms with Crippen LogP contribution < -0.4 is 10.6 Å². The Bertz CT molecular complexity index is 858. The van der Waals surface area contributed by atoms with E-state index in [0.717, 1.165) is 5.92 Å². The molecule has 0 fully saturated rings. The third kappa shape index (κ3) is 11.7. The van der Waals surface area contributed by atoms with E-state index in [9.17, 15) is 19.2 Å². The SMILES string of the molecule is CC(C)C.CCNC(CC)(CC)C(=O)N(CC)C(CC)(CC)C(=O)NCC(=O)N(C)[C@H](/C=C(\C)C(=O)OCC)C(C)C. The lowest BCUT2D eigenvalue weighted by Gasteiger charge is -2.46. The monoisotopic (exact) mass is 596 g/mol. The van der Waals surface area contributed by atoms with E-state index in [0.29, 0.717) is 44.3 Å². The summed E-state index contributed by atoms with van der Waals surface area (Å²) in [6, 6.07) is -0.352. The first-order valence-electron chi connectivity index (χ1n) is 16.0. The average Bonchev–Trinajstić information content (AvgIpc) is 2.94. The Hall–Kier alpha value is -2.42. The molecule has 0 aliphatic heterocycles. The Morgan fingerprint density at radius 3 is 1.71 bits per heavy atom. The van der Waals surface area contributed by atoms with Crippen LogP contribution in [0, 0.1) is 11.8 Å². The number of esters is 1. The van der Waals surface area contributed by atoms with Crippen LogP contribution in [0.15, 0.2) is 11.6 Å². The van der Waals surface area contributed by atoms with Crippen molar-refractivity contribution in [1.82, 2.24) is 20.4 Å². The molecule has 0 radical (unpaired) electrons. The molecule has 0 unspecified atom stereocenters. The molecule has 0 spiro atoms. The van der Waals surface area contributed by atoms with Crippen LogP contribution in [-0.4, -0.2) is 83.9 Å². The highest BCUT2D eigenvalue weighted by molar-refractivity contribution is 5.96. The fourth-order valence-electron chi connectivity index (χ4n) is 5.12. The van der Waals surface area contributed by atoms with Gasteiger partial charge in [0.05, 0.1) is 24.7 Å². The zero-order valence-electron chi connectivity index (χ0n) is 29.4.